The van der Waals surface area contributed by atoms with Crippen LogP contribution in [0.25, 0.3) is 0 Å². The molecule has 2 rings (SSSR count). The lowest BCUT2D eigenvalue weighted by atomic mass is 10.1. The van der Waals surface area contributed by atoms with Gasteiger partial charge in [-0.25, -0.2) is 0 Å². The van der Waals surface area contributed by atoms with Crippen molar-refractivity contribution in [2.75, 3.05) is 0 Å². The Labute approximate surface area is 99.3 Å². The summed E-state index contributed by atoms with van der Waals surface area (Å²) in [5.41, 5.74) is 7.05. The molecule has 5 nitrogen and oxygen atoms in total. The zero-order valence-corrected chi connectivity index (χ0v) is 9.77. The number of nitrogens with two attached hydrogens (primary N) is 1. The molecule has 0 aliphatic rings. The van der Waals surface area contributed by atoms with Crippen LogP contribution in [0.1, 0.15) is 11.1 Å². The van der Waals surface area contributed by atoms with Crippen molar-refractivity contribution >= 4 is 5.84 Å². The number of aromatic nitrogens is 2. The van der Waals surface area contributed by atoms with Crippen molar-refractivity contribution in [3.63, 3.8) is 0 Å². The van der Waals surface area contributed by atoms with Crippen molar-refractivity contribution in [2.45, 2.75) is 6.92 Å². The molecule has 0 spiro atoms. The molecule has 0 saturated carbocycles. The zero-order valence-electron chi connectivity index (χ0n) is 9.77. The minimum Gasteiger partial charge on any atom is -0.453 e. The van der Waals surface area contributed by atoms with Crippen LogP contribution in [0.2, 0.25) is 0 Å². The molecule has 3 N–H and O–H groups in total. The van der Waals surface area contributed by atoms with E-state index < -0.39 is 0 Å². The fourth-order valence-electron chi connectivity index (χ4n) is 1.57. The third-order valence-electron chi connectivity index (χ3n) is 2.40. The summed E-state index contributed by atoms with van der Waals surface area (Å²) in [5.74, 6) is 1.23. The van der Waals surface area contributed by atoms with E-state index in [0.717, 1.165) is 5.56 Å². The molecule has 0 bridgehead atoms. The molecular weight excluding hydrogens is 216 g/mol. The third kappa shape index (κ3) is 2.28. The van der Waals surface area contributed by atoms with Gasteiger partial charge in [0, 0.05) is 7.05 Å². The Hall–Kier alpha value is -2.30. The Morgan fingerprint density at radius 1 is 1.47 bits per heavy atom. The topological polar surface area (TPSA) is 76.9 Å². The maximum absolute atomic E-state index is 7.52. The highest BCUT2D eigenvalue weighted by Crippen LogP contribution is 2.28. The summed E-state index contributed by atoms with van der Waals surface area (Å²) in [6.07, 6.45) is 3.38. The second-order valence-electron chi connectivity index (χ2n) is 3.82. The molecular formula is C12H14N4O. The molecule has 0 saturated heterocycles. The first-order valence-corrected chi connectivity index (χ1v) is 5.18. The van der Waals surface area contributed by atoms with Gasteiger partial charge in [0.2, 0.25) is 0 Å². The summed E-state index contributed by atoms with van der Waals surface area (Å²) in [4.78, 5) is 0. The van der Waals surface area contributed by atoms with Gasteiger partial charge in [-0.05, 0) is 18.6 Å². The number of rotatable bonds is 3. The van der Waals surface area contributed by atoms with E-state index in [0.29, 0.717) is 17.1 Å². The lowest BCUT2D eigenvalue weighted by Gasteiger charge is -2.11. The van der Waals surface area contributed by atoms with Crippen LogP contribution in [-0.2, 0) is 7.05 Å². The van der Waals surface area contributed by atoms with Crippen molar-refractivity contribution in [1.82, 2.24) is 9.78 Å². The number of para-hydroxylation sites is 1. The molecule has 5 heteroatoms. The zero-order chi connectivity index (χ0) is 12.4. The second-order valence-corrected chi connectivity index (χ2v) is 3.82. The van der Waals surface area contributed by atoms with E-state index in [1.807, 2.05) is 26.1 Å². The fourth-order valence-corrected chi connectivity index (χ4v) is 1.57. The fraction of sp³-hybridized carbons (Fsp3) is 0.167. The molecule has 0 fully saturated rings. The minimum atomic E-state index is -0.00686. The predicted molar refractivity (Wildman–Crippen MR) is 65.5 cm³/mol. The maximum atomic E-state index is 7.52. The van der Waals surface area contributed by atoms with Gasteiger partial charge < -0.3 is 10.5 Å². The molecule has 88 valence electrons. The summed E-state index contributed by atoms with van der Waals surface area (Å²) < 4.78 is 7.37. The number of ether oxygens (including phenoxy) is 1. The van der Waals surface area contributed by atoms with Crippen molar-refractivity contribution in [3.8, 4) is 11.5 Å². The summed E-state index contributed by atoms with van der Waals surface area (Å²) in [6, 6.07) is 5.53. The van der Waals surface area contributed by atoms with Gasteiger partial charge in [0.1, 0.15) is 11.6 Å². The van der Waals surface area contributed by atoms with Crippen molar-refractivity contribution in [1.29, 1.82) is 5.41 Å². The van der Waals surface area contributed by atoms with E-state index in [-0.39, 0.29) is 5.84 Å². The molecule has 0 aliphatic heterocycles. The molecule has 2 aromatic rings. The van der Waals surface area contributed by atoms with Crippen LogP contribution in [0.5, 0.6) is 11.5 Å². The summed E-state index contributed by atoms with van der Waals surface area (Å²) in [5, 5.41) is 11.5. The number of amidine groups is 1. The molecule has 0 radical (unpaired) electrons. The maximum Gasteiger partial charge on any atom is 0.165 e. The number of hydrogen-bond acceptors (Lipinski definition) is 3. The SMILES string of the molecule is Cc1cccc(C(=N)N)c1Oc1cnn(C)c1. The van der Waals surface area contributed by atoms with Crippen LogP contribution in [0.3, 0.4) is 0 Å². The summed E-state index contributed by atoms with van der Waals surface area (Å²) in [6.45, 7) is 1.91. The largest absolute Gasteiger partial charge is 0.453 e. The molecule has 1 heterocycles. The average molecular weight is 230 g/mol. The molecule has 1 aromatic heterocycles. The highest BCUT2D eigenvalue weighted by molar-refractivity contribution is 5.98. The first-order chi connectivity index (χ1) is 8.08. The quantitative estimate of drug-likeness (QED) is 0.623. The highest BCUT2D eigenvalue weighted by Gasteiger charge is 2.11. The first-order valence-electron chi connectivity index (χ1n) is 5.18. The van der Waals surface area contributed by atoms with Crippen LogP contribution in [-0.4, -0.2) is 15.6 Å². The number of benzene rings is 1. The van der Waals surface area contributed by atoms with Gasteiger partial charge >= 0.3 is 0 Å². The lowest BCUT2D eigenvalue weighted by molar-refractivity contribution is 0.477. The molecule has 1 aromatic carbocycles. The van der Waals surface area contributed by atoms with Crippen molar-refractivity contribution in [2.24, 2.45) is 12.8 Å². The number of hydrogen-bond donors (Lipinski definition) is 2. The minimum absolute atomic E-state index is 0.00686. The van der Waals surface area contributed by atoms with Crippen LogP contribution in [0.4, 0.5) is 0 Å². The Balaban J connectivity index is 2.40. The van der Waals surface area contributed by atoms with Gasteiger partial charge in [0.15, 0.2) is 5.75 Å². The van der Waals surface area contributed by atoms with E-state index in [1.165, 1.54) is 0 Å². The van der Waals surface area contributed by atoms with E-state index in [4.69, 9.17) is 15.9 Å². The van der Waals surface area contributed by atoms with Crippen LogP contribution in [0, 0.1) is 12.3 Å². The van der Waals surface area contributed by atoms with Gasteiger partial charge in [-0.15, -0.1) is 0 Å². The number of nitrogens with zero attached hydrogens (tertiary/aromatic N) is 2. The van der Waals surface area contributed by atoms with E-state index in [1.54, 1.807) is 23.1 Å². The van der Waals surface area contributed by atoms with E-state index in [9.17, 15) is 0 Å². The first kappa shape index (κ1) is 11.2. The van der Waals surface area contributed by atoms with Gasteiger partial charge in [0.05, 0.1) is 18.0 Å². The third-order valence-corrected chi connectivity index (χ3v) is 2.40. The van der Waals surface area contributed by atoms with Gasteiger partial charge in [0.25, 0.3) is 0 Å². The van der Waals surface area contributed by atoms with Crippen LogP contribution in [0.15, 0.2) is 30.6 Å². The Morgan fingerprint density at radius 2 is 2.24 bits per heavy atom. The lowest BCUT2D eigenvalue weighted by Crippen LogP contribution is -2.12. The highest BCUT2D eigenvalue weighted by atomic mass is 16.5. The van der Waals surface area contributed by atoms with Crippen molar-refractivity contribution < 1.29 is 4.74 Å². The standard InChI is InChI=1S/C12H14N4O/c1-8-4-3-5-10(12(13)14)11(8)17-9-6-15-16(2)7-9/h3-7H,1-2H3,(H3,13,14). The molecule has 0 aliphatic carbocycles. The van der Waals surface area contributed by atoms with Crippen LogP contribution < -0.4 is 10.5 Å². The van der Waals surface area contributed by atoms with Crippen LogP contribution >= 0.6 is 0 Å². The van der Waals surface area contributed by atoms with Gasteiger partial charge in [-0.1, -0.05) is 12.1 Å². The smallest absolute Gasteiger partial charge is 0.165 e. The summed E-state index contributed by atoms with van der Waals surface area (Å²) in [7, 11) is 1.82. The Kier molecular flexibility index (Phi) is 2.82. The van der Waals surface area contributed by atoms with E-state index >= 15 is 0 Å². The number of nitrogens with one attached hydrogen (secondary N) is 1. The molecule has 17 heavy (non-hydrogen) atoms. The second kappa shape index (κ2) is 4.29. The molecule has 0 atom stereocenters. The van der Waals surface area contributed by atoms with Gasteiger partial charge in [-0.2, -0.15) is 5.10 Å². The normalized spacial score (nSPS) is 10.2. The molecule has 0 unspecified atom stereocenters. The van der Waals surface area contributed by atoms with Crippen molar-refractivity contribution in [3.05, 3.63) is 41.7 Å². The van der Waals surface area contributed by atoms with Gasteiger partial charge in [-0.3, -0.25) is 10.1 Å². The molecule has 0 amide bonds. The monoisotopic (exact) mass is 230 g/mol. The average Bonchev–Trinajstić information content (AvgIpc) is 2.67. The summed E-state index contributed by atoms with van der Waals surface area (Å²) >= 11 is 0. The Bertz CT molecular complexity index is 559. The predicted octanol–water partition coefficient (Wildman–Crippen LogP) is 1.80. The number of aryl methyl sites for hydroxylation is 2. The Morgan fingerprint density at radius 3 is 2.82 bits per heavy atom. The van der Waals surface area contributed by atoms with E-state index in [2.05, 4.69) is 5.10 Å². The number of nitrogen functional groups attached to an aromatic ring is 1.